The van der Waals surface area contributed by atoms with Gasteiger partial charge < -0.3 is 15.7 Å². The van der Waals surface area contributed by atoms with E-state index in [0.717, 1.165) is 5.56 Å². The van der Waals surface area contributed by atoms with Crippen molar-refractivity contribution < 1.29 is 9.50 Å². The fraction of sp³-hybridized carbons (Fsp3) is 0.571. The fourth-order valence-corrected chi connectivity index (χ4v) is 1.94. The van der Waals surface area contributed by atoms with Gasteiger partial charge in [0.25, 0.3) is 0 Å². The Morgan fingerprint density at radius 1 is 1.33 bits per heavy atom. The first kappa shape index (κ1) is 14.9. The molecule has 102 valence electrons. The third-order valence-electron chi connectivity index (χ3n) is 2.99. The number of nitrogens with two attached hydrogens (primary N) is 1. The summed E-state index contributed by atoms with van der Waals surface area (Å²) in [5, 5.41) is 8.89. The first-order chi connectivity index (χ1) is 8.47. The van der Waals surface area contributed by atoms with Crippen LogP contribution in [0.5, 0.6) is 0 Å². The van der Waals surface area contributed by atoms with Crippen molar-refractivity contribution in [2.75, 3.05) is 18.1 Å². The normalized spacial score (nSPS) is 12.8. The number of halogens is 1. The van der Waals surface area contributed by atoms with Crippen LogP contribution in [0.2, 0.25) is 0 Å². The summed E-state index contributed by atoms with van der Waals surface area (Å²) in [6.07, 6.45) is 0.632. The quantitative estimate of drug-likeness (QED) is 0.819. The van der Waals surface area contributed by atoms with Gasteiger partial charge in [0.05, 0.1) is 5.69 Å². The predicted molar refractivity (Wildman–Crippen MR) is 73.2 cm³/mol. The van der Waals surface area contributed by atoms with Crippen LogP contribution < -0.4 is 10.6 Å². The van der Waals surface area contributed by atoms with Gasteiger partial charge >= 0.3 is 0 Å². The Hall–Kier alpha value is -1.13. The molecule has 3 N–H and O–H groups in total. The molecule has 1 aromatic carbocycles. The maximum absolute atomic E-state index is 14.1. The van der Waals surface area contributed by atoms with Crippen molar-refractivity contribution in [1.82, 2.24) is 0 Å². The van der Waals surface area contributed by atoms with Crippen LogP contribution in [-0.2, 0) is 0 Å². The molecule has 0 bridgehead atoms. The minimum Gasteiger partial charge on any atom is -0.396 e. The van der Waals surface area contributed by atoms with Crippen LogP contribution in [0.25, 0.3) is 0 Å². The van der Waals surface area contributed by atoms with Crippen molar-refractivity contribution in [2.24, 2.45) is 5.73 Å². The Labute approximate surface area is 108 Å². The minimum absolute atomic E-state index is 0.114. The average molecular weight is 254 g/mol. The van der Waals surface area contributed by atoms with Crippen molar-refractivity contribution >= 4 is 5.69 Å². The number of benzene rings is 1. The third-order valence-corrected chi connectivity index (χ3v) is 2.99. The molecule has 0 spiro atoms. The monoisotopic (exact) mass is 254 g/mol. The first-order valence-corrected chi connectivity index (χ1v) is 6.40. The van der Waals surface area contributed by atoms with Crippen molar-refractivity contribution in [3.8, 4) is 0 Å². The van der Waals surface area contributed by atoms with E-state index in [-0.39, 0.29) is 24.5 Å². The van der Waals surface area contributed by atoms with E-state index in [1.54, 1.807) is 6.07 Å². The standard InChI is InChI=1S/C14H23FN2O/c1-10(2)17(7-4-8-18)14-6-5-12(11(3)16)9-13(14)15/h5-6,9-11,18H,4,7-8,16H2,1-3H3/t11-/m1/s1. The number of hydrogen-bond acceptors (Lipinski definition) is 3. The van der Waals surface area contributed by atoms with Crippen LogP contribution >= 0.6 is 0 Å². The second-order valence-electron chi connectivity index (χ2n) is 4.86. The van der Waals surface area contributed by atoms with Gasteiger partial charge in [-0.25, -0.2) is 4.39 Å². The van der Waals surface area contributed by atoms with Crippen LogP contribution in [0.15, 0.2) is 18.2 Å². The van der Waals surface area contributed by atoms with Crippen molar-refractivity contribution in [2.45, 2.75) is 39.3 Å². The van der Waals surface area contributed by atoms with E-state index in [2.05, 4.69) is 0 Å². The highest BCUT2D eigenvalue weighted by Gasteiger charge is 2.15. The summed E-state index contributed by atoms with van der Waals surface area (Å²) < 4.78 is 14.1. The molecule has 18 heavy (non-hydrogen) atoms. The molecule has 0 fully saturated rings. The summed E-state index contributed by atoms with van der Waals surface area (Å²) in [6.45, 7) is 6.61. The van der Waals surface area contributed by atoms with Gasteiger partial charge in [-0.2, -0.15) is 0 Å². The van der Waals surface area contributed by atoms with E-state index in [1.807, 2.05) is 31.7 Å². The highest BCUT2D eigenvalue weighted by molar-refractivity contribution is 5.50. The molecule has 1 aromatic rings. The third kappa shape index (κ3) is 3.68. The minimum atomic E-state index is -0.253. The Morgan fingerprint density at radius 2 is 2.00 bits per heavy atom. The van der Waals surface area contributed by atoms with E-state index in [1.165, 1.54) is 6.07 Å². The molecule has 0 radical (unpaired) electrons. The number of aliphatic hydroxyl groups is 1. The van der Waals surface area contributed by atoms with Crippen LogP contribution in [-0.4, -0.2) is 24.3 Å². The number of hydrogen-bond donors (Lipinski definition) is 2. The summed E-state index contributed by atoms with van der Waals surface area (Å²) in [6, 6.07) is 5.14. The predicted octanol–water partition coefficient (Wildman–Crippen LogP) is 2.44. The molecule has 1 atom stereocenters. The molecule has 0 amide bonds. The Kier molecular flexibility index (Phi) is 5.56. The molecule has 0 heterocycles. The van der Waals surface area contributed by atoms with Crippen LogP contribution in [0.4, 0.5) is 10.1 Å². The molecule has 0 saturated heterocycles. The van der Waals surface area contributed by atoms with Crippen LogP contribution in [0, 0.1) is 5.82 Å². The Balaban J connectivity index is 2.98. The smallest absolute Gasteiger partial charge is 0.146 e. The van der Waals surface area contributed by atoms with Gasteiger partial charge in [-0.05, 0) is 44.9 Å². The lowest BCUT2D eigenvalue weighted by Gasteiger charge is -2.29. The maximum Gasteiger partial charge on any atom is 0.146 e. The number of aliphatic hydroxyl groups excluding tert-OH is 1. The number of anilines is 1. The molecular weight excluding hydrogens is 231 g/mol. The van der Waals surface area contributed by atoms with Crippen molar-refractivity contribution in [3.05, 3.63) is 29.6 Å². The zero-order valence-electron chi connectivity index (χ0n) is 11.4. The highest BCUT2D eigenvalue weighted by atomic mass is 19.1. The van der Waals surface area contributed by atoms with E-state index >= 15 is 0 Å². The first-order valence-electron chi connectivity index (χ1n) is 6.40. The Morgan fingerprint density at radius 3 is 2.44 bits per heavy atom. The molecular formula is C14H23FN2O. The SMILES string of the molecule is CC(C)N(CCCO)c1ccc([C@@H](C)N)cc1F. The molecule has 0 aromatic heterocycles. The van der Waals surface area contributed by atoms with Gasteiger partial charge in [-0.15, -0.1) is 0 Å². The van der Waals surface area contributed by atoms with Gasteiger partial charge in [0, 0.05) is 25.2 Å². The summed E-state index contributed by atoms with van der Waals surface area (Å²) in [5.41, 5.74) is 7.10. The van der Waals surface area contributed by atoms with E-state index < -0.39 is 0 Å². The number of nitrogens with zero attached hydrogens (tertiary/aromatic N) is 1. The van der Waals surface area contributed by atoms with Crippen LogP contribution in [0.3, 0.4) is 0 Å². The summed E-state index contributed by atoms with van der Waals surface area (Å²) in [7, 11) is 0. The lowest BCUT2D eigenvalue weighted by Crippen LogP contribution is -2.33. The van der Waals surface area contributed by atoms with Gasteiger partial charge in [-0.1, -0.05) is 6.07 Å². The summed E-state index contributed by atoms with van der Waals surface area (Å²) in [4.78, 5) is 1.95. The second-order valence-corrected chi connectivity index (χ2v) is 4.86. The van der Waals surface area contributed by atoms with Gasteiger partial charge in [0.15, 0.2) is 0 Å². The van der Waals surface area contributed by atoms with Crippen LogP contribution in [0.1, 0.15) is 38.8 Å². The molecule has 0 saturated carbocycles. The van der Waals surface area contributed by atoms with Crippen molar-refractivity contribution in [1.29, 1.82) is 0 Å². The molecule has 4 heteroatoms. The van der Waals surface area contributed by atoms with Gasteiger partial charge in [0.1, 0.15) is 5.82 Å². The molecule has 1 rings (SSSR count). The summed E-state index contributed by atoms with van der Waals surface area (Å²) in [5.74, 6) is -0.253. The Bertz CT molecular complexity index is 380. The van der Waals surface area contributed by atoms with Crippen molar-refractivity contribution in [3.63, 3.8) is 0 Å². The average Bonchev–Trinajstić information content (AvgIpc) is 2.30. The second kappa shape index (κ2) is 6.71. The zero-order valence-corrected chi connectivity index (χ0v) is 11.4. The van der Waals surface area contributed by atoms with Gasteiger partial charge in [0.2, 0.25) is 0 Å². The molecule has 0 aliphatic rings. The topological polar surface area (TPSA) is 49.5 Å². The van der Waals surface area contributed by atoms with Gasteiger partial charge in [-0.3, -0.25) is 0 Å². The zero-order chi connectivity index (χ0) is 13.7. The molecule has 3 nitrogen and oxygen atoms in total. The van der Waals surface area contributed by atoms with E-state index in [9.17, 15) is 4.39 Å². The lowest BCUT2D eigenvalue weighted by atomic mass is 10.1. The summed E-state index contributed by atoms with van der Waals surface area (Å²) >= 11 is 0. The highest BCUT2D eigenvalue weighted by Crippen LogP contribution is 2.24. The lowest BCUT2D eigenvalue weighted by molar-refractivity contribution is 0.288. The van der Waals surface area contributed by atoms with E-state index in [0.29, 0.717) is 18.7 Å². The molecule has 0 aliphatic heterocycles. The maximum atomic E-state index is 14.1. The molecule has 0 aliphatic carbocycles. The van der Waals surface area contributed by atoms with E-state index in [4.69, 9.17) is 10.8 Å². The molecule has 0 unspecified atom stereocenters. The largest absolute Gasteiger partial charge is 0.396 e. The number of rotatable bonds is 6. The fourth-order valence-electron chi connectivity index (χ4n) is 1.94.